The van der Waals surface area contributed by atoms with Crippen LogP contribution in [0.5, 0.6) is 0 Å². The Morgan fingerprint density at radius 1 is 0.968 bits per heavy atom. The summed E-state index contributed by atoms with van der Waals surface area (Å²) in [5, 5.41) is 4.51. The molecule has 0 aromatic heterocycles. The molecular formula is C25H24Cl2N2OS. The minimum atomic E-state index is -0.0650. The number of nitrogens with zero attached hydrogens (tertiary/aromatic N) is 1. The predicted molar refractivity (Wildman–Crippen MR) is 130 cm³/mol. The molecule has 1 fully saturated rings. The van der Waals surface area contributed by atoms with Gasteiger partial charge in [0.15, 0.2) is 0 Å². The third-order valence-electron chi connectivity index (χ3n) is 5.44. The molecule has 1 N–H and O–H groups in total. The second kappa shape index (κ2) is 10.6. The lowest BCUT2D eigenvalue weighted by Gasteiger charge is -2.32. The molecule has 1 aliphatic rings. The summed E-state index contributed by atoms with van der Waals surface area (Å²) in [4.78, 5) is 17.6. The Balaban J connectivity index is 1.42. The first-order valence-electron chi connectivity index (χ1n) is 10.4. The molecule has 0 aliphatic carbocycles. The molecule has 0 unspecified atom stereocenters. The topological polar surface area (TPSA) is 32.3 Å². The lowest BCUT2D eigenvalue weighted by Crippen LogP contribution is -2.40. The Morgan fingerprint density at radius 3 is 2.45 bits per heavy atom. The van der Waals surface area contributed by atoms with E-state index in [1.54, 1.807) is 11.8 Å². The van der Waals surface area contributed by atoms with Gasteiger partial charge in [-0.05, 0) is 55.8 Å². The van der Waals surface area contributed by atoms with Crippen LogP contribution in [0.3, 0.4) is 0 Å². The molecule has 1 amide bonds. The van der Waals surface area contributed by atoms with E-state index in [0.717, 1.165) is 40.4 Å². The van der Waals surface area contributed by atoms with E-state index in [-0.39, 0.29) is 11.8 Å². The number of amides is 1. The number of rotatable bonds is 6. The summed E-state index contributed by atoms with van der Waals surface area (Å²) < 4.78 is 0. The maximum atomic E-state index is 13.1. The fourth-order valence-electron chi connectivity index (χ4n) is 3.83. The lowest BCUT2D eigenvalue weighted by molar-refractivity contribution is -0.121. The van der Waals surface area contributed by atoms with Gasteiger partial charge in [0.1, 0.15) is 0 Å². The van der Waals surface area contributed by atoms with Crippen molar-refractivity contribution in [2.45, 2.75) is 29.2 Å². The molecular weight excluding hydrogens is 447 g/mol. The molecule has 0 spiro atoms. The average Bonchev–Trinajstić information content (AvgIpc) is 2.79. The van der Waals surface area contributed by atoms with Crippen molar-refractivity contribution < 1.29 is 4.79 Å². The van der Waals surface area contributed by atoms with Gasteiger partial charge in [0.25, 0.3) is 0 Å². The first kappa shape index (κ1) is 22.2. The summed E-state index contributed by atoms with van der Waals surface area (Å²) in [7, 11) is 0. The van der Waals surface area contributed by atoms with Crippen molar-refractivity contribution in [3.8, 4) is 0 Å². The number of carbonyl (C=O) groups is 1. The van der Waals surface area contributed by atoms with Crippen LogP contribution >= 0.6 is 35.0 Å². The van der Waals surface area contributed by atoms with Crippen LogP contribution in [0.4, 0.5) is 5.69 Å². The molecule has 1 atom stereocenters. The molecule has 0 radical (unpaired) electrons. The molecule has 1 aliphatic heterocycles. The van der Waals surface area contributed by atoms with Gasteiger partial charge in [-0.3, -0.25) is 9.69 Å². The summed E-state index contributed by atoms with van der Waals surface area (Å²) in [6, 6.07) is 23.7. The van der Waals surface area contributed by atoms with Crippen molar-refractivity contribution in [1.29, 1.82) is 0 Å². The van der Waals surface area contributed by atoms with Crippen molar-refractivity contribution in [2.24, 2.45) is 5.92 Å². The Labute approximate surface area is 197 Å². The van der Waals surface area contributed by atoms with Crippen molar-refractivity contribution in [2.75, 3.05) is 18.4 Å². The van der Waals surface area contributed by atoms with Gasteiger partial charge in [-0.15, -0.1) is 0 Å². The average molecular weight is 471 g/mol. The number of nitrogens with one attached hydrogen (secondary N) is 1. The van der Waals surface area contributed by atoms with Crippen LogP contribution in [0.1, 0.15) is 18.4 Å². The summed E-state index contributed by atoms with van der Waals surface area (Å²) in [6.45, 7) is 2.29. The van der Waals surface area contributed by atoms with Crippen LogP contribution in [0, 0.1) is 5.92 Å². The van der Waals surface area contributed by atoms with Crippen LogP contribution in [0.15, 0.2) is 82.6 Å². The monoisotopic (exact) mass is 470 g/mol. The van der Waals surface area contributed by atoms with E-state index in [9.17, 15) is 4.79 Å². The van der Waals surface area contributed by atoms with E-state index < -0.39 is 0 Å². The van der Waals surface area contributed by atoms with Gasteiger partial charge >= 0.3 is 0 Å². The zero-order valence-corrected chi connectivity index (χ0v) is 19.4. The van der Waals surface area contributed by atoms with Gasteiger partial charge in [0.05, 0.1) is 11.6 Å². The van der Waals surface area contributed by atoms with E-state index >= 15 is 0 Å². The Bertz CT molecular complexity index is 1020. The standard InChI is InChI=1S/C25H24Cl2N2OS/c26-21-11-6-12-22(27)20(21)17-29-15-7-8-18(16-29)25(30)28-23-13-4-5-14-24(23)31-19-9-2-1-3-10-19/h1-6,9-14,18H,7-8,15-17H2,(H,28,30)/t18-/m1/s1. The molecule has 0 saturated carbocycles. The minimum Gasteiger partial charge on any atom is -0.325 e. The number of hydrogen-bond donors (Lipinski definition) is 1. The maximum absolute atomic E-state index is 13.1. The highest BCUT2D eigenvalue weighted by Crippen LogP contribution is 2.34. The van der Waals surface area contributed by atoms with E-state index in [0.29, 0.717) is 23.1 Å². The molecule has 6 heteroatoms. The lowest BCUT2D eigenvalue weighted by atomic mass is 9.96. The van der Waals surface area contributed by atoms with E-state index in [2.05, 4.69) is 22.3 Å². The van der Waals surface area contributed by atoms with Gasteiger partial charge in [0.2, 0.25) is 5.91 Å². The minimum absolute atomic E-state index is 0.0650. The van der Waals surface area contributed by atoms with Crippen LogP contribution in [-0.4, -0.2) is 23.9 Å². The fraction of sp³-hybridized carbons (Fsp3) is 0.240. The van der Waals surface area contributed by atoms with E-state index in [1.165, 1.54) is 0 Å². The zero-order valence-electron chi connectivity index (χ0n) is 17.1. The molecule has 1 heterocycles. The number of halogens is 2. The molecule has 160 valence electrons. The molecule has 0 bridgehead atoms. The van der Waals surface area contributed by atoms with Gasteiger partial charge in [-0.2, -0.15) is 0 Å². The molecule has 4 rings (SSSR count). The number of hydrogen-bond acceptors (Lipinski definition) is 3. The summed E-state index contributed by atoms with van der Waals surface area (Å²) >= 11 is 14.3. The van der Waals surface area contributed by atoms with Crippen molar-refractivity contribution in [3.63, 3.8) is 0 Å². The smallest absolute Gasteiger partial charge is 0.228 e. The Morgan fingerprint density at radius 2 is 1.68 bits per heavy atom. The quantitative estimate of drug-likeness (QED) is 0.420. The maximum Gasteiger partial charge on any atom is 0.228 e. The van der Waals surface area contributed by atoms with Crippen molar-refractivity contribution in [1.82, 2.24) is 4.90 Å². The summed E-state index contributed by atoms with van der Waals surface area (Å²) in [6.07, 6.45) is 1.85. The number of anilines is 1. The van der Waals surface area contributed by atoms with Crippen LogP contribution < -0.4 is 5.32 Å². The first-order chi connectivity index (χ1) is 15.1. The summed E-state index contributed by atoms with van der Waals surface area (Å²) in [5.41, 5.74) is 1.78. The van der Waals surface area contributed by atoms with Crippen LogP contribution in [0.25, 0.3) is 0 Å². The van der Waals surface area contributed by atoms with E-state index in [4.69, 9.17) is 23.2 Å². The second-order valence-corrected chi connectivity index (χ2v) is 9.60. The van der Waals surface area contributed by atoms with Gasteiger partial charge in [-0.1, -0.05) is 71.4 Å². The Hall–Kier alpha value is -1.98. The zero-order chi connectivity index (χ0) is 21.6. The molecule has 3 aromatic carbocycles. The number of carbonyl (C=O) groups excluding carboxylic acids is 1. The number of benzene rings is 3. The van der Waals surface area contributed by atoms with E-state index in [1.807, 2.05) is 60.7 Å². The Kier molecular flexibility index (Phi) is 7.57. The highest BCUT2D eigenvalue weighted by atomic mass is 35.5. The largest absolute Gasteiger partial charge is 0.325 e. The van der Waals surface area contributed by atoms with Crippen LogP contribution in [0.2, 0.25) is 10.0 Å². The second-order valence-electron chi connectivity index (χ2n) is 7.68. The highest BCUT2D eigenvalue weighted by molar-refractivity contribution is 7.99. The van der Waals surface area contributed by atoms with Gasteiger partial charge in [-0.25, -0.2) is 0 Å². The molecule has 3 nitrogen and oxygen atoms in total. The fourth-order valence-corrected chi connectivity index (χ4v) is 5.27. The van der Waals surface area contributed by atoms with Gasteiger partial charge in [0, 0.05) is 38.5 Å². The highest BCUT2D eigenvalue weighted by Gasteiger charge is 2.27. The molecule has 1 saturated heterocycles. The third kappa shape index (κ3) is 5.83. The summed E-state index contributed by atoms with van der Waals surface area (Å²) in [5.74, 6) is 0.000798. The molecule has 31 heavy (non-hydrogen) atoms. The third-order valence-corrected chi connectivity index (χ3v) is 7.23. The van der Waals surface area contributed by atoms with Crippen molar-refractivity contribution >= 4 is 46.6 Å². The number of likely N-dealkylation sites (tertiary alicyclic amines) is 1. The molecule has 3 aromatic rings. The first-order valence-corrected chi connectivity index (χ1v) is 12.0. The predicted octanol–water partition coefficient (Wildman–Crippen LogP) is 7.00. The SMILES string of the molecule is O=C(Nc1ccccc1Sc1ccccc1)[C@@H]1CCCN(Cc2c(Cl)cccc2Cl)C1. The number of para-hydroxylation sites is 1. The van der Waals surface area contributed by atoms with Gasteiger partial charge < -0.3 is 5.32 Å². The van der Waals surface area contributed by atoms with Crippen molar-refractivity contribution in [3.05, 3.63) is 88.4 Å². The number of piperidine rings is 1. The van der Waals surface area contributed by atoms with Crippen LogP contribution in [-0.2, 0) is 11.3 Å². The normalized spacial score (nSPS) is 16.8.